The Morgan fingerprint density at radius 3 is 2.33 bits per heavy atom. The highest BCUT2D eigenvalue weighted by molar-refractivity contribution is 7.13. The summed E-state index contributed by atoms with van der Waals surface area (Å²) in [5, 5.41) is 6.82. The van der Waals surface area contributed by atoms with E-state index < -0.39 is 0 Å². The van der Waals surface area contributed by atoms with Crippen molar-refractivity contribution in [2.45, 2.75) is 59.5 Å². The minimum absolute atomic E-state index is 0.149. The van der Waals surface area contributed by atoms with Crippen molar-refractivity contribution in [3.05, 3.63) is 11.1 Å². The minimum Gasteiger partial charge on any atom is -0.348 e. The summed E-state index contributed by atoms with van der Waals surface area (Å²) < 4.78 is 0. The standard InChI is InChI=1S/C14H27N3S/c1-6-8-17(9-7-2)13-16-12(11-18-13)10-15-14(3,4)5/h11,15H,6-10H2,1-5H3. The largest absolute Gasteiger partial charge is 0.348 e. The number of hydrogen-bond donors (Lipinski definition) is 1. The van der Waals surface area contributed by atoms with E-state index in [1.54, 1.807) is 11.3 Å². The Morgan fingerprint density at radius 1 is 1.22 bits per heavy atom. The van der Waals surface area contributed by atoms with E-state index in [0.29, 0.717) is 0 Å². The zero-order valence-electron chi connectivity index (χ0n) is 12.4. The van der Waals surface area contributed by atoms with E-state index in [-0.39, 0.29) is 5.54 Å². The second-order valence-corrected chi connectivity index (χ2v) is 6.55. The monoisotopic (exact) mass is 269 g/mol. The molecule has 1 aromatic rings. The summed E-state index contributed by atoms with van der Waals surface area (Å²) in [7, 11) is 0. The predicted molar refractivity (Wildman–Crippen MR) is 81.5 cm³/mol. The van der Waals surface area contributed by atoms with E-state index in [1.165, 1.54) is 18.0 Å². The SMILES string of the molecule is CCCN(CCC)c1nc(CNC(C)(C)C)cs1. The first-order chi connectivity index (χ1) is 8.46. The van der Waals surface area contributed by atoms with Gasteiger partial charge in [-0.2, -0.15) is 0 Å². The molecule has 18 heavy (non-hydrogen) atoms. The first-order valence-corrected chi connectivity index (χ1v) is 7.78. The zero-order valence-corrected chi connectivity index (χ0v) is 13.2. The van der Waals surface area contributed by atoms with Crippen LogP contribution < -0.4 is 10.2 Å². The number of rotatable bonds is 7. The molecule has 3 nitrogen and oxygen atoms in total. The molecule has 0 spiro atoms. The van der Waals surface area contributed by atoms with Crippen LogP contribution in [0, 0.1) is 0 Å². The van der Waals surface area contributed by atoms with Gasteiger partial charge in [-0.1, -0.05) is 13.8 Å². The fourth-order valence-corrected chi connectivity index (χ4v) is 2.60. The smallest absolute Gasteiger partial charge is 0.185 e. The van der Waals surface area contributed by atoms with E-state index in [2.05, 4.69) is 50.2 Å². The third-order valence-electron chi connectivity index (χ3n) is 2.60. The number of nitrogens with one attached hydrogen (secondary N) is 1. The van der Waals surface area contributed by atoms with Crippen LogP contribution in [-0.4, -0.2) is 23.6 Å². The molecule has 0 aliphatic carbocycles. The molecular formula is C14H27N3S. The first-order valence-electron chi connectivity index (χ1n) is 6.90. The summed E-state index contributed by atoms with van der Waals surface area (Å²) in [5.41, 5.74) is 1.30. The van der Waals surface area contributed by atoms with E-state index >= 15 is 0 Å². The van der Waals surface area contributed by atoms with Gasteiger partial charge in [-0.25, -0.2) is 4.98 Å². The van der Waals surface area contributed by atoms with Gasteiger partial charge in [0.15, 0.2) is 5.13 Å². The lowest BCUT2D eigenvalue weighted by atomic mass is 10.1. The molecule has 104 valence electrons. The van der Waals surface area contributed by atoms with E-state index in [9.17, 15) is 0 Å². The molecule has 0 unspecified atom stereocenters. The molecule has 0 atom stereocenters. The molecule has 0 aliphatic rings. The zero-order chi connectivity index (χ0) is 13.6. The highest BCUT2D eigenvalue weighted by Gasteiger charge is 2.12. The number of nitrogens with zero attached hydrogens (tertiary/aromatic N) is 2. The van der Waals surface area contributed by atoms with Crippen molar-refractivity contribution in [2.75, 3.05) is 18.0 Å². The summed E-state index contributed by atoms with van der Waals surface area (Å²) in [6.45, 7) is 14.0. The second kappa shape index (κ2) is 7.10. The third-order valence-corrected chi connectivity index (χ3v) is 3.55. The predicted octanol–water partition coefficient (Wildman–Crippen LogP) is 3.66. The molecule has 1 aromatic heterocycles. The van der Waals surface area contributed by atoms with Crippen LogP contribution in [0.15, 0.2) is 5.38 Å². The summed E-state index contributed by atoms with van der Waals surface area (Å²) >= 11 is 1.76. The second-order valence-electron chi connectivity index (χ2n) is 5.71. The van der Waals surface area contributed by atoms with Crippen LogP contribution in [0.4, 0.5) is 5.13 Å². The van der Waals surface area contributed by atoms with Gasteiger partial charge in [-0.15, -0.1) is 11.3 Å². The average Bonchev–Trinajstić information content (AvgIpc) is 2.74. The number of thiazole rings is 1. The van der Waals surface area contributed by atoms with Crippen molar-refractivity contribution in [2.24, 2.45) is 0 Å². The Hall–Kier alpha value is -0.610. The van der Waals surface area contributed by atoms with E-state index in [0.717, 1.165) is 25.3 Å². The van der Waals surface area contributed by atoms with Crippen molar-refractivity contribution in [3.8, 4) is 0 Å². The molecule has 0 radical (unpaired) electrons. The molecule has 1 rings (SSSR count). The highest BCUT2D eigenvalue weighted by atomic mass is 32.1. The van der Waals surface area contributed by atoms with Gasteiger partial charge in [0.1, 0.15) is 0 Å². The van der Waals surface area contributed by atoms with Gasteiger partial charge in [0.25, 0.3) is 0 Å². The van der Waals surface area contributed by atoms with E-state index in [4.69, 9.17) is 4.98 Å². The van der Waals surface area contributed by atoms with Crippen LogP contribution in [0.2, 0.25) is 0 Å². The molecule has 4 heteroatoms. The normalized spacial score (nSPS) is 11.8. The molecule has 1 heterocycles. The summed E-state index contributed by atoms with van der Waals surface area (Å²) in [5.74, 6) is 0. The molecule has 0 fully saturated rings. The van der Waals surface area contributed by atoms with Crippen LogP contribution >= 0.6 is 11.3 Å². The molecule has 0 saturated heterocycles. The number of aromatic nitrogens is 1. The van der Waals surface area contributed by atoms with Crippen LogP contribution in [0.1, 0.15) is 53.2 Å². The first kappa shape index (κ1) is 15.4. The van der Waals surface area contributed by atoms with Gasteiger partial charge in [0.05, 0.1) is 5.69 Å². The van der Waals surface area contributed by atoms with Crippen LogP contribution in [-0.2, 0) is 6.54 Å². The lowest BCUT2D eigenvalue weighted by Crippen LogP contribution is -2.35. The lowest BCUT2D eigenvalue weighted by Gasteiger charge is -2.21. The Bertz CT molecular complexity index is 335. The van der Waals surface area contributed by atoms with E-state index in [1.807, 2.05) is 0 Å². The quantitative estimate of drug-likeness (QED) is 0.819. The maximum absolute atomic E-state index is 4.73. The summed E-state index contributed by atoms with van der Waals surface area (Å²) in [4.78, 5) is 7.13. The van der Waals surface area contributed by atoms with Gasteiger partial charge in [0, 0.05) is 30.6 Å². The van der Waals surface area contributed by atoms with Gasteiger partial charge >= 0.3 is 0 Å². The molecule has 0 saturated carbocycles. The Kier molecular flexibility index (Phi) is 6.09. The Balaban J connectivity index is 2.60. The van der Waals surface area contributed by atoms with Crippen LogP contribution in [0.5, 0.6) is 0 Å². The molecule has 1 N–H and O–H groups in total. The molecule has 0 bridgehead atoms. The summed E-state index contributed by atoms with van der Waals surface area (Å²) in [6, 6.07) is 0. The van der Waals surface area contributed by atoms with Crippen molar-refractivity contribution in [3.63, 3.8) is 0 Å². The third kappa shape index (κ3) is 5.36. The van der Waals surface area contributed by atoms with Crippen LogP contribution in [0.25, 0.3) is 0 Å². The van der Waals surface area contributed by atoms with Gasteiger partial charge in [0.2, 0.25) is 0 Å². The van der Waals surface area contributed by atoms with Crippen molar-refractivity contribution < 1.29 is 0 Å². The molecule has 0 aliphatic heterocycles. The Morgan fingerprint density at radius 2 is 1.83 bits per heavy atom. The maximum Gasteiger partial charge on any atom is 0.185 e. The topological polar surface area (TPSA) is 28.2 Å². The fourth-order valence-electron chi connectivity index (χ4n) is 1.72. The molecule has 0 aromatic carbocycles. The number of anilines is 1. The highest BCUT2D eigenvalue weighted by Crippen LogP contribution is 2.21. The van der Waals surface area contributed by atoms with Crippen molar-refractivity contribution in [1.82, 2.24) is 10.3 Å². The molecular weight excluding hydrogens is 242 g/mol. The number of hydrogen-bond acceptors (Lipinski definition) is 4. The molecule has 0 amide bonds. The fraction of sp³-hybridized carbons (Fsp3) is 0.786. The minimum atomic E-state index is 0.149. The van der Waals surface area contributed by atoms with Gasteiger partial charge < -0.3 is 10.2 Å². The Labute approximate surface area is 116 Å². The van der Waals surface area contributed by atoms with Gasteiger partial charge in [-0.05, 0) is 33.6 Å². The lowest BCUT2D eigenvalue weighted by molar-refractivity contribution is 0.422. The van der Waals surface area contributed by atoms with Crippen molar-refractivity contribution >= 4 is 16.5 Å². The average molecular weight is 269 g/mol. The summed E-state index contributed by atoms with van der Waals surface area (Å²) in [6.07, 6.45) is 2.35. The maximum atomic E-state index is 4.73. The van der Waals surface area contributed by atoms with Gasteiger partial charge in [-0.3, -0.25) is 0 Å². The van der Waals surface area contributed by atoms with Crippen LogP contribution in [0.3, 0.4) is 0 Å². The van der Waals surface area contributed by atoms with Crippen molar-refractivity contribution in [1.29, 1.82) is 0 Å².